The minimum absolute atomic E-state index is 0.214. The van der Waals surface area contributed by atoms with E-state index in [1.807, 2.05) is 54.6 Å². The van der Waals surface area contributed by atoms with Gasteiger partial charge in [-0.25, -0.2) is 0 Å². The van der Waals surface area contributed by atoms with Gasteiger partial charge in [-0.15, -0.1) is 0 Å². The fourth-order valence-corrected chi connectivity index (χ4v) is 2.31. The highest BCUT2D eigenvalue weighted by Gasteiger charge is 2.10. The van der Waals surface area contributed by atoms with Crippen molar-refractivity contribution in [3.8, 4) is 11.5 Å². The third-order valence-corrected chi connectivity index (χ3v) is 3.56. The predicted molar refractivity (Wildman–Crippen MR) is 95.1 cm³/mol. The fraction of sp³-hybridized carbons (Fsp3) is 0.250. The van der Waals surface area contributed by atoms with Gasteiger partial charge in [0, 0.05) is 0 Å². The van der Waals surface area contributed by atoms with Gasteiger partial charge >= 0.3 is 5.97 Å². The van der Waals surface area contributed by atoms with Gasteiger partial charge in [-0.1, -0.05) is 30.3 Å². The lowest BCUT2D eigenvalue weighted by atomic mass is 9.99. The molecule has 0 heterocycles. The van der Waals surface area contributed by atoms with E-state index < -0.39 is 0 Å². The van der Waals surface area contributed by atoms with Crippen molar-refractivity contribution in [2.24, 2.45) is 0 Å². The Labute approximate surface area is 142 Å². The molecule has 2 rings (SSSR count). The van der Waals surface area contributed by atoms with E-state index >= 15 is 0 Å². The molecule has 2 aromatic carbocycles. The summed E-state index contributed by atoms with van der Waals surface area (Å²) >= 11 is 0. The lowest BCUT2D eigenvalue weighted by Crippen LogP contribution is -2.04. The van der Waals surface area contributed by atoms with Gasteiger partial charge in [-0.3, -0.25) is 4.79 Å². The minimum Gasteiger partial charge on any atom is -0.497 e. The van der Waals surface area contributed by atoms with E-state index in [1.54, 1.807) is 21.1 Å². The van der Waals surface area contributed by atoms with Crippen LogP contribution in [0.1, 0.15) is 24.5 Å². The molecule has 2 aromatic rings. The lowest BCUT2D eigenvalue weighted by molar-refractivity contribution is -0.141. The number of ether oxygens (including phenoxy) is 3. The van der Waals surface area contributed by atoms with Crippen molar-refractivity contribution in [2.45, 2.75) is 13.3 Å². The molecular weight excluding hydrogens is 304 g/mol. The zero-order valence-corrected chi connectivity index (χ0v) is 14.2. The maximum Gasteiger partial charge on any atom is 0.310 e. The van der Waals surface area contributed by atoms with Crippen LogP contribution in [0.2, 0.25) is 0 Å². The van der Waals surface area contributed by atoms with Crippen LogP contribution in [-0.2, 0) is 9.53 Å². The Bertz CT molecular complexity index is 685. The van der Waals surface area contributed by atoms with Crippen molar-refractivity contribution in [2.75, 3.05) is 20.8 Å². The fourth-order valence-electron chi connectivity index (χ4n) is 2.31. The highest BCUT2D eigenvalue weighted by molar-refractivity contribution is 5.92. The summed E-state index contributed by atoms with van der Waals surface area (Å²) in [5, 5.41) is 0. The lowest BCUT2D eigenvalue weighted by Gasteiger charge is -2.09. The average Bonchev–Trinajstić information content (AvgIpc) is 2.62. The van der Waals surface area contributed by atoms with Gasteiger partial charge in [-0.2, -0.15) is 0 Å². The predicted octanol–water partition coefficient (Wildman–Crippen LogP) is 4.20. The molecule has 0 unspecified atom stereocenters. The van der Waals surface area contributed by atoms with E-state index in [1.165, 1.54) is 0 Å². The Kier molecular flexibility index (Phi) is 6.43. The Balaban J connectivity index is 2.32. The summed E-state index contributed by atoms with van der Waals surface area (Å²) in [7, 11) is 3.26. The summed E-state index contributed by atoms with van der Waals surface area (Å²) in [6.07, 6.45) is 2.20. The molecule has 0 aliphatic carbocycles. The largest absolute Gasteiger partial charge is 0.497 e. The first-order chi connectivity index (χ1) is 11.7. The van der Waals surface area contributed by atoms with Gasteiger partial charge in [0.05, 0.1) is 27.2 Å². The smallest absolute Gasteiger partial charge is 0.310 e. The molecule has 24 heavy (non-hydrogen) atoms. The number of methoxy groups -OCH3 is 2. The number of carbonyl (C=O) groups is 1. The number of rotatable bonds is 7. The van der Waals surface area contributed by atoms with Crippen LogP contribution < -0.4 is 9.47 Å². The summed E-state index contributed by atoms with van der Waals surface area (Å²) in [6.45, 7) is 2.18. The van der Waals surface area contributed by atoms with E-state index in [4.69, 9.17) is 14.2 Å². The third-order valence-electron chi connectivity index (χ3n) is 3.56. The molecule has 4 heteroatoms. The Morgan fingerprint density at radius 1 is 0.917 bits per heavy atom. The summed E-state index contributed by atoms with van der Waals surface area (Å²) < 4.78 is 15.4. The SMILES string of the molecule is CCOC(=O)C/C(=C/c1ccc(OC)cc1)c1ccc(OC)cc1. The van der Waals surface area contributed by atoms with Gasteiger partial charge in [0.2, 0.25) is 0 Å². The number of carbonyl (C=O) groups excluding carboxylic acids is 1. The molecule has 0 saturated heterocycles. The summed E-state index contributed by atoms with van der Waals surface area (Å²) in [5.41, 5.74) is 2.84. The van der Waals surface area contributed by atoms with Crippen LogP contribution in [0.3, 0.4) is 0 Å². The maximum absolute atomic E-state index is 11.9. The molecule has 0 aromatic heterocycles. The Morgan fingerprint density at radius 3 is 1.96 bits per heavy atom. The van der Waals surface area contributed by atoms with Gasteiger partial charge < -0.3 is 14.2 Å². The Morgan fingerprint density at radius 2 is 1.46 bits per heavy atom. The third kappa shape index (κ3) is 4.88. The van der Waals surface area contributed by atoms with Gasteiger partial charge in [0.1, 0.15) is 11.5 Å². The highest BCUT2D eigenvalue weighted by atomic mass is 16.5. The molecule has 0 aliphatic heterocycles. The molecule has 0 spiro atoms. The molecule has 0 saturated carbocycles. The second kappa shape index (κ2) is 8.77. The molecule has 126 valence electrons. The van der Waals surface area contributed by atoms with Gasteiger partial charge in [0.15, 0.2) is 0 Å². The normalized spacial score (nSPS) is 11.0. The van der Waals surface area contributed by atoms with Crippen LogP contribution in [0.5, 0.6) is 11.5 Å². The first-order valence-corrected chi connectivity index (χ1v) is 7.81. The number of hydrogen-bond donors (Lipinski definition) is 0. The van der Waals surface area contributed by atoms with E-state index in [9.17, 15) is 4.79 Å². The molecule has 0 aliphatic rings. The number of hydrogen-bond acceptors (Lipinski definition) is 4. The van der Waals surface area contributed by atoms with Crippen LogP contribution >= 0.6 is 0 Å². The van der Waals surface area contributed by atoms with E-state index in [0.717, 1.165) is 28.2 Å². The molecule has 0 bridgehead atoms. The van der Waals surface area contributed by atoms with E-state index in [0.29, 0.717) is 6.61 Å². The molecule has 0 atom stereocenters. The monoisotopic (exact) mass is 326 g/mol. The van der Waals surface area contributed by atoms with Crippen molar-refractivity contribution in [1.29, 1.82) is 0 Å². The standard InChI is InChI=1S/C20H22O4/c1-4-24-20(21)14-17(16-7-11-19(23-3)12-8-16)13-15-5-9-18(22-2)10-6-15/h5-13H,4,14H2,1-3H3/b17-13-. The number of esters is 1. The average molecular weight is 326 g/mol. The van der Waals surface area contributed by atoms with Crippen molar-refractivity contribution in [1.82, 2.24) is 0 Å². The maximum atomic E-state index is 11.9. The summed E-state index contributed by atoms with van der Waals surface area (Å²) in [4.78, 5) is 11.9. The van der Waals surface area contributed by atoms with Gasteiger partial charge in [-0.05, 0) is 47.9 Å². The zero-order chi connectivity index (χ0) is 17.4. The zero-order valence-electron chi connectivity index (χ0n) is 14.2. The van der Waals surface area contributed by atoms with Crippen molar-refractivity contribution < 1.29 is 19.0 Å². The molecule has 0 radical (unpaired) electrons. The molecule has 0 fully saturated rings. The van der Waals surface area contributed by atoms with Crippen LogP contribution in [0, 0.1) is 0 Å². The topological polar surface area (TPSA) is 44.8 Å². The van der Waals surface area contributed by atoms with Crippen LogP contribution in [0.15, 0.2) is 48.5 Å². The van der Waals surface area contributed by atoms with Crippen molar-refractivity contribution in [3.63, 3.8) is 0 Å². The quantitative estimate of drug-likeness (QED) is 0.565. The van der Waals surface area contributed by atoms with Crippen LogP contribution in [-0.4, -0.2) is 26.8 Å². The van der Waals surface area contributed by atoms with E-state index in [-0.39, 0.29) is 12.4 Å². The Hall–Kier alpha value is -2.75. The minimum atomic E-state index is -0.243. The molecule has 0 amide bonds. The van der Waals surface area contributed by atoms with Crippen molar-refractivity contribution >= 4 is 17.6 Å². The first-order valence-electron chi connectivity index (χ1n) is 7.81. The van der Waals surface area contributed by atoms with Crippen LogP contribution in [0.4, 0.5) is 0 Å². The second-order valence-corrected chi connectivity index (χ2v) is 5.15. The van der Waals surface area contributed by atoms with Crippen LogP contribution in [0.25, 0.3) is 11.6 Å². The molecule has 0 N–H and O–H groups in total. The summed E-state index contributed by atoms with van der Waals surface area (Å²) in [5.74, 6) is 1.33. The van der Waals surface area contributed by atoms with Crippen molar-refractivity contribution in [3.05, 3.63) is 59.7 Å². The van der Waals surface area contributed by atoms with Gasteiger partial charge in [0.25, 0.3) is 0 Å². The molecular formula is C20H22O4. The highest BCUT2D eigenvalue weighted by Crippen LogP contribution is 2.25. The summed E-state index contributed by atoms with van der Waals surface area (Å²) in [6, 6.07) is 15.3. The first kappa shape index (κ1) is 17.6. The molecule has 4 nitrogen and oxygen atoms in total. The number of benzene rings is 2. The second-order valence-electron chi connectivity index (χ2n) is 5.15. The van der Waals surface area contributed by atoms with E-state index in [2.05, 4.69) is 0 Å².